The van der Waals surface area contributed by atoms with Crippen molar-refractivity contribution < 1.29 is 8.83 Å². The lowest BCUT2D eigenvalue weighted by Gasteiger charge is -2.13. The van der Waals surface area contributed by atoms with E-state index in [1.165, 1.54) is 0 Å². The number of fused-ring (bicyclic) bond motifs is 7. The second-order valence-electron chi connectivity index (χ2n) is 11.9. The molecule has 5 heteroatoms. The molecule has 0 unspecified atom stereocenters. The lowest BCUT2D eigenvalue weighted by molar-refractivity contribution is 0.669. The van der Waals surface area contributed by atoms with Gasteiger partial charge in [0.1, 0.15) is 22.3 Å². The molecule has 0 fully saturated rings. The molecule has 0 aliphatic carbocycles. The maximum absolute atomic E-state index is 6.45. The molecule has 5 nitrogen and oxygen atoms in total. The van der Waals surface area contributed by atoms with Crippen LogP contribution < -0.4 is 0 Å². The molecule has 0 saturated heterocycles. The molecule has 224 valence electrons. The van der Waals surface area contributed by atoms with Gasteiger partial charge in [-0.15, -0.1) is 0 Å². The summed E-state index contributed by atoms with van der Waals surface area (Å²) in [7, 11) is 0. The molecule has 3 aromatic heterocycles. The lowest BCUT2D eigenvalue weighted by Crippen LogP contribution is -2.01. The molecular formula is C43H25N3O2. The Labute approximate surface area is 274 Å². The van der Waals surface area contributed by atoms with Crippen molar-refractivity contribution in [2.45, 2.75) is 0 Å². The van der Waals surface area contributed by atoms with Crippen molar-refractivity contribution >= 4 is 54.6 Å². The summed E-state index contributed by atoms with van der Waals surface area (Å²) < 4.78 is 12.7. The number of hydrogen-bond acceptors (Lipinski definition) is 5. The van der Waals surface area contributed by atoms with E-state index in [0.717, 1.165) is 82.5 Å². The van der Waals surface area contributed by atoms with Crippen molar-refractivity contribution in [1.29, 1.82) is 0 Å². The predicted octanol–water partition coefficient (Wildman–Crippen LogP) is 11.5. The quantitative estimate of drug-likeness (QED) is 0.197. The molecule has 7 aromatic carbocycles. The van der Waals surface area contributed by atoms with E-state index in [1.807, 2.05) is 72.8 Å². The molecule has 0 saturated carbocycles. The molecule has 0 aliphatic heterocycles. The number of furan rings is 2. The molecule has 0 radical (unpaired) electrons. The number of aromatic nitrogens is 3. The van der Waals surface area contributed by atoms with Gasteiger partial charge in [0.2, 0.25) is 0 Å². The van der Waals surface area contributed by atoms with E-state index in [4.69, 9.17) is 23.8 Å². The van der Waals surface area contributed by atoms with Crippen molar-refractivity contribution in [2.24, 2.45) is 0 Å². The molecule has 10 aromatic rings. The van der Waals surface area contributed by atoms with Crippen LogP contribution >= 0.6 is 0 Å². The Balaban J connectivity index is 1.22. The van der Waals surface area contributed by atoms with E-state index in [9.17, 15) is 0 Å². The third-order valence-electron chi connectivity index (χ3n) is 9.17. The van der Waals surface area contributed by atoms with Crippen LogP contribution in [0.3, 0.4) is 0 Å². The van der Waals surface area contributed by atoms with Gasteiger partial charge in [0.25, 0.3) is 0 Å². The first-order chi connectivity index (χ1) is 23.8. The fourth-order valence-corrected chi connectivity index (χ4v) is 6.99. The zero-order valence-corrected chi connectivity index (χ0v) is 25.6. The highest BCUT2D eigenvalue weighted by atomic mass is 16.3. The van der Waals surface area contributed by atoms with Crippen LogP contribution in [0.25, 0.3) is 99.9 Å². The van der Waals surface area contributed by atoms with Crippen LogP contribution in [-0.2, 0) is 0 Å². The van der Waals surface area contributed by atoms with E-state index in [0.29, 0.717) is 17.5 Å². The Hall–Kier alpha value is -6.59. The van der Waals surface area contributed by atoms with E-state index in [-0.39, 0.29) is 0 Å². The third-order valence-corrected chi connectivity index (χ3v) is 9.17. The average molecular weight is 616 g/mol. The highest BCUT2D eigenvalue weighted by molar-refractivity contribution is 6.14. The minimum Gasteiger partial charge on any atom is -0.456 e. The van der Waals surface area contributed by atoms with E-state index >= 15 is 0 Å². The van der Waals surface area contributed by atoms with Crippen LogP contribution in [0.1, 0.15) is 0 Å². The maximum atomic E-state index is 6.45. The van der Waals surface area contributed by atoms with Crippen molar-refractivity contribution in [3.63, 3.8) is 0 Å². The summed E-state index contributed by atoms with van der Waals surface area (Å²) in [6.45, 7) is 0. The lowest BCUT2D eigenvalue weighted by atomic mass is 9.94. The standard InChI is InChI=1S/C43H25N3O2/c1-2-12-26(13-3-1)41-44-42(46-43(45-41)35-22-11-25-38-39(35)34-15-5-7-24-37(34)47-38)33-21-9-16-27-28(17-8-18-29(27)33)31-19-10-20-32-30-14-4-6-23-36(30)48-40(31)32/h1-25H. The maximum Gasteiger partial charge on any atom is 0.164 e. The fourth-order valence-electron chi connectivity index (χ4n) is 6.99. The van der Waals surface area contributed by atoms with Crippen molar-refractivity contribution in [1.82, 2.24) is 15.0 Å². The molecule has 0 spiro atoms. The largest absolute Gasteiger partial charge is 0.456 e. The Morgan fingerprint density at radius 1 is 0.312 bits per heavy atom. The average Bonchev–Trinajstić information content (AvgIpc) is 3.73. The summed E-state index contributed by atoms with van der Waals surface area (Å²) in [5.41, 5.74) is 8.27. The minimum atomic E-state index is 0.594. The molecule has 48 heavy (non-hydrogen) atoms. The normalized spacial score (nSPS) is 11.8. The van der Waals surface area contributed by atoms with Crippen molar-refractivity contribution in [3.8, 4) is 45.3 Å². The molecule has 0 bridgehead atoms. The Morgan fingerprint density at radius 2 is 0.833 bits per heavy atom. The molecule has 0 atom stereocenters. The SMILES string of the molecule is c1ccc(-c2nc(-c3cccc4c(-c5cccc6c5oc5ccccc56)cccc34)nc(-c3cccc4oc5ccccc5c34)n2)cc1. The summed E-state index contributed by atoms with van der Waals surface area (Å²) in [6, 6.07) is 51.5. The van der Waals surface area contributed by atoms with E-state index in [1.54, 1.807) is 0 Å². The zero-order valence-electron chi connectivity index (χ0n) is 25.6. The van der Waals surface area contributed by atoms with Gasteiger partial charge in [-0.25, -0.2) is 15.0 Å². The second-order valence-corrected chi connectivity index (χ2v) is 11.9. The Bertz CT molecular complexity index is 2850. The Morgan fingerprint density at radius 3 is 1.65 bits per heavy atom. The zero-order chi connectivity index (χ0) is 31.6. The van der Waals surface area contributed by atoms with Crippen LogP contribution in [0.4, 0.5) is 0 Å². The first kappa shape index (κ1) is 26.6. The second kappa shape index (κ2) is 10.5. The molecule has 0 amide bonds. The van der Waals surface area contributed by atoms with Crippen LogP contribution in [0, 0.1) is 0 Å². The summed E-state index contributed by atoms with van der Waals surface area (Å²) >= 11 is 0. The smallest absolute Gasteiger partial charge is 0.164 e. The van der Waals surface area contributed by atoms with Gasteiger partial charge in [-0.3, -0.25) is 0 Å². The topological polar surface area (TPSA) is 65.0 Å². The third kappa shape index (κ3) is 4.08. The molecule has 3 heterocycles. The highest BCUT2D eigenvalue weighted by Crippen LogP contribution is 2.41. The minimum absolute atomic E-state index is 0.594. The molecule has 0 N–H and O–H groups in total. The molecule has 0 aliphatic rings. The summed E-state index contributed by atoms with van der Waals surface area (Å²) in [5.74, 6) is 1.81. The number of nitrogens with zero attached hydrogens (tertiary/aromatic N) is 3. The molecular weight excluding hydrogens is 590 g/mol. The first-order valence-corrected chi connectivity index (χ1v) is 15.9. The Kier molecular flexibility index (Phi) is 5.81. The fraction of sp³-hybridized carbons (Fsp3) is 0. The van der Waals surface area contributed by atoms with Crippen LogP contribution in [-0.4, -0.2) is 15.0 Å². The van der Waals surface area contributed by atoms with E-state index in [2.05, 4.69) is 78.9 Å². The van der Waals surface area contributed by atoms with Crippen LogP contribution in [0.5, 0.6) is 0 Å². The number of para-hydroxylation sites is 3. The van der Waals surface area contributed by atoms with Gasteiger partial charge >= 0.3 is 0 Å². The summed E-state index contributed by atoms with van der Waals surface area (Å²) in [6.07, 6.45) is 0. The number of hydrogen-bond donors (Lipinski definition) is 0. The molecule has 10 rings (SSSR count). The highest BCUT2D eigenvalue weighted by Gasteiger charge is 2.20. The predicted molar refractivity (Wildman–Crippen MR) is 194 cm³/mol. The van der Waals surface area contributed by atoms with Crippen molar-refractivity contribution in [3.05, 3.63) is 152 Å². The van der Waals surface area contributed by atoms with Gasteiger partial charge in [0, 0.05) is 43.8 Å². The van der Waals surface area contributed by atoms with Gasteiger partial charge in [0.05, 0.1) is 0 Å². The summed E-state index contributed by atoms with van der Waals surface area (Å²) in [4.78, 5) is 15.3. The van der Waals surface area contributed by atoms with Gasteiger partial charge in [-0.05, 0) is 34.5 Å². The van der Waals surface area contributed by atoms with Gasteiger partial charge in [-0.2, -0.15) is 0 Å². The number of benzene rings is 7. The monoisotopic (exact) mass is 615 g/mol. The van der Waals surface area contributed by atoms with Crippen LogP contribution in [0.2, 0.25) is 0 Å². The van der Waals surface area contributed by atoms with E-state index < -0.39 is 0 Å². The van der Waals surface area contributed by atoms with Gasteiger partial charge in [0.15, 0.2) is 17.5 Å². The first-order valence-electron chi connectivity index (χ1n) is 15.9. The van der Waals surface area contributed by atoms with Gasteiger partial charge < -0.3 is 8.83 Å². The summed E-state index contributed by atoms with van der Waals surface area (Å²) in [5, 5.41) is 6.37. The van der Waals surface area contributed by atoms with Crippen LogP contribution in [0.15, 0.2) is 160 Å². The van der Waals surface area contributed by atoms with Gasteiger partial charge in [-0.1, -0.05) is 133 Å². The van der Waals surface area contributed by atoms with Crippen molar-refractivity contribution in [2.75, 3.05) is 0 Å². The number of rotatable bonds is 4.